The number of hydrogen-bond acceptors (Lipinski definition) is 6. The Balaban J connectivity index is 1.41. The van der Waals surface area contributed by atoms with Gasteiger partial charge in [-0.05, 0) is 42.7 Å². The first-order valence-corrected chi connectivity index (χ1v) is 11.2. The molecule has 1 saturated carbocycles. The van der Waals surface area contributed by atoms with Gasteiger partial charge in [0.15, 0.2) is 0 Å². The van der Waals surface area contributed by atoms with E-state index < -0.39 is 0 Å². The number of aromatic nitrogens is 2. The number of fused-ring (bicyclic) bond motifs is 1. The van der Waals surface area contributed by atoms with Gasteiger partial charge in [-0.1, -0.05) is 38.0 Å². The van der Waals surface area contributed by atoms with Crippen molar-refractivity contribution >= 4 is 23.4 Å². The van der Waals surface area contributed by atoms with Crippen LogP contribution in [0.5, 0.6) is 0 Å². The molecule has 0 radical (unpaired) electrons. The van der Waals surface area contributed by atoms with E-state index in [2.05, 4.69) is 40.4 Å². The van der Waals surface area contributed by atoms with Crippen molar-refractivity contribution < 1.29 is 9.90 Å². The van der Waals surface area contributed by atoms with Crippen LogP contribution in [0.2, 0.25) is 0 Å². The van der Waals surface area contributed by atoms with E-state index in [4.69, 9.17) is 6.42 Å². The summed E-state index contributed by atoms with van der Waals surface area (Å²) >= 11 is 0. The summed E-state index contributed by atoms with van der Waals surface area (Å²) in [6.07, 6.45) is 10.1. The van der Waals surface area contributed by atoms with Gasteiger partial charge >= 0.3 is 0 Å². The Bertz CT molecular complexity index is 1040. The summed E-state index contributed by atoms with van der Waals surface area (Å²) in [5.41, 5.74) is 2.50. The maximum atomic E-state index is 12.7. The standard InChI is InChI=1S/C25H31N5O2/c1-5-16-15-27-24(29-22(16)28-17-10-11-21(31)25(2,3)14-17)26-13-12-19-18-8-6-7-9-20(18)30(4)23(19)32/h1,6-9,15,17,19,21,31H,10-14H2,2-4H3,(H2,26,27,28,29)/t17-,19?,21+/m1/s1. The number of hydrogen-bond donors (Lipinski definition) is 3. The molecule has 3 atom stereocenters. The number of nitrogens with zero attached hydrogens (tertiary/aromatic N) is 3. The van der Waals surface area contributed by atoms with Crippen LogP contribution < -0.4 is 15.5 Å². The molecule has 0 spiro atoms. The van der Waals surface area contributed by atoms with Gasteiger partial charge in [0.05, 0.1) is 23.8 Å². The Morgan fingerprint density at radius 2 is 2.09 bits per heavy atom. The molecule has 2 aliphatic rings. The van der Waals surface area contributed by atoms with Crippen LogP contribution in [0, 0.1) is 17.8 Å². The maximum absolute atomic E-state index is 12.7. The van der Waals surface area contributed by atoms with Gasteiger partial charge in [0.1, 0.15) is 5.82 Å². The van der Waals surface area contributed by atoms with Gasteiger partial charge in [0.25, 0.3) is 0 Å². The number of para-hydroxylation sites is 1. The van der Waals surface area contributed by atoms with Crippen LogP contribution >= 0.6 is 0 Å². The number of terminal acetylenes is 1. The van der Waals surface area contributed by atoms with Crippen LogP contribution in [-0.2, 0) is 4.79 Å². The molecule has 1 amide bonds. The quantitative estimate of drug-likeness (QED) is 0.605. The van der Waals surface area contributed by atoms with Crippen LogP contribution in [0.25, 0.3) is 0 Å². The number of rotatable bonds is 6. The zero-order chi connectivity index (χ0) is 22.9. The molecular formula is C25H31N5O2. The number of amides is 1. The van der Waals surface area contributed by atoms with Crippen LogP contribution in [0.15, 0.2) is 30.5 Å². The lowest BCUT2D eigenvalue weighted by atomic mass is 9.73. The highest BCUT2D eigenvalue weighted by atomic mass is 16.3. The molecule has 1 unspecified atom stereocenters. The predicted molar refractivity (Wildman–Crippen MR) is 127 cm³/mol. The van der Waals surface area contributed by atoms with Crippen LogP contribution in [-0.4, -0.2) is 46.7 Å². The Kier molecular flexibility index (Phi) is 6.07. The molecule has 3 N–H and O–H groups in total. The second-order valence-corrected chi connectivity index (χ2v) is 9.45. The number of carbonyl (C=O) groups is 1. The van der Waals surface area contributed by atoms with Gasteiger partial charge in [0.2, 0.25) is 11.9 Å². The first-order chi connectivity index (χ1) is 15.3. The van der Waals surface area contributed by atoms with Crippen LogP contribution in [0.3, 0.4) is 0 Å². The molecule has 1 aromatic heterocycles. The number of benzene rings is 1. The van der Waals surface area contributed by atoms with E-state index in [0.29, 0.717) is 30.3 Å². The van der Waals surface area contributed by atoms with Gasteiger partial charge in [-0.25, -0.2) is 4.98 Å². The van der Waals surface area contributed by atoms with Gasteiger partial charge in [-0.15, -0.1) is 6.42 Å². The molecule has 7 nitrogen and oxygen atoms in total. The fraction of sp³-hybridized carbons (Fsp3) is 0.480. The van der Waals surface area contributed by atoms with E-state index in [-0.39, 0.29) is 29.4 Å². The van der Waals surface area contributed by atoms with E-state index in [1.165, 1.54) is 0 Å². The summed E-state index contributed by atoms with van der Waals surface area (Å²) < 4.78 is 0. The summed E-state index contributed by atoms with van der Waals surface area (Å²) in [5, 5.41) is 16.9. The molecule has 1 fully saturated rings. The van der Waals surface area contributed by atoms with Crippen molar-refractivity contribution in [2.24, 2.45) is 5.41 Å². The molecular weight excluding hydrogens is 402 g/mol. The van der Waals surface area contributed by atoms with Gasteiger partial charge in [0, 0.05) is 25.3 Å². The summed E-state index contributed by atoms with van der Waals surface area (Å²) in [6, 6.07) is 8.10. The highest BCUT2D eigenvalue weighted by Crippen LogP contribution is 2.38. The Hall–Kier alpha value is -3.11. The summed E-state index contributed by atoms with van der Waals surface area (Å²) in [7, 11) is 1.82. The van der Waals surface area contributed by atoms with E-state index in [0.717, 1.165) is 30.5 Å². The second-order valence-electron chi connectivity index (χ2n) is 9.45. The average Bonchev–Trinajstić information content (AvgIpc) is 3.01. The molecule has 1 aromatic carbocycles. The molecule has 0 bridgehead atoms. The van der Waals surface area contributed by atoms with E-state index in [1.807, 2.05) is 31.3 Å². The minimum Gasteiger partial charge on any atom is -0.393 e. The molecule has 32 heavy (non-hydrogen) atoms. The molecule has 4 rings (SSSR count). The maximum Gasteiger partial charge on any atom is 0.234 e. The summed E-state index contributed by atoms with van der Waals surface area (Å²) in [5.74, 6) is 3.71. The third-order valence-electron chi connectivity index (χ3n) is 6.77. The van der Waals surface area contributed by atoms with Crippen molar-refractivity contribution in [2.75, 3.05) is 29.1 Å². The summed E-state index contributed by atoms with van der Waals surface area (Å²) in [4.78, 5) is 23.3. The van der Waals surface area contributed by atoms with Crippen molar-refractivity contribution in [3.8, 4) is 12.3 Å². The van der Waals surface area contributed by atoms with Crippen LogP contribution in [0.4, 0.5) is 17.5 Å². The van der Waals surface area contributed by atoms with E-state index in [9.17, 15) is 9.90 Å². The fourth-order valence-electron chi connectivity index (χ4n) is 4.80. The topological polar surface area (TPSA) is 90.4 Å². The number of aliphatic hydroxyl groups excluding tert-OH is 1. The largest absolute Gasteiger partial charge is 0.393 e. The van der Waals surface area contributed by atoms with Crippen molar-refractivity contribution in [1.29, 1.82) is 0 Å². The van der Waals surface area contributed by atoms with E-state index >= 15 is 0 Å². The molecule has 0 saturated heterocycles. The lowest BCUT2D eigenvalue weighted by Gasteiger charge is -2.40. The zero-order valence-corrected chi connectivity index (χ0v) is 18.9. The average molecular weight is 434 g/mol. The Morgan fingerprint density at radius 1 is 1.31 bits per heavy atom. The van der Waals surface area contributed by atoms with Crippen molar-refractivity contribution in [3.63, 3.8) is 0 Å². The minimum absolute atomic E-state index is 0.112. The highest BCUT2D eigenvalue weighted by Gasteiger charge is 2.36. The van der Waals surface area contributed by atoms with Crippen LogP contribution in [0.1, 0.15) is 56.6 Å². The van der Waals surface area contributed by atoms with Gasteiger partial charge < -0.3 is 20.6 Å². The Morgan fingerprint density at radius 3 is 2.84 bits per heavy atom. The van der Waals surface area contributed by atoms with Crippen molar-refractivity contribution in [2.45, 2.75) is 57.6 Å². The monoisotopic (exact) mass is 433 g/mol. The normalized spacial score (nSPS) is 24.0. The lowest BCUT2D eigenvalue weighted by molar-refractivity contribution is -0.119. The molecule has 168 valence electrons. The highest BCUT2D eigenvalue weighted by molar-refractivity contribution is 6.04. The minimum atomic E-state index is -0.294. The predicted octanol–water partition coefficient (Wildman–Crippen LogP) is 3.37. The molecule has 2 aromatic rings. The SMILES string of the molecule is C#Cc1cnc(NCCC2C(=O)N(C)c3ccccc32)nc1N[C@@H]1CC[C@H](O)C(C)(C)C1. The van der Waals surface area contributed by atoms with E-state index in [1.54, 1.807) is 11.1 Å². The first kappa shape index (κ1) is 22.1. The molecule has 1 aliphatic heterocycles. The number of aliphatic hydroxyl groups is 1. The second kappa shape index (κ2) is 8.79. The first-order valence-electron chi connectivity index (χ1n) is 11.2. The smallest absolute Gasteiger partial charge is 0.234 e. The van der Waals surface area contributed by atoms with Crippen molar-refractivity contribution in [1.82, 2.24) is 9.97 Å². The number of anilines is 3. The number of carbonyl (C=O) groups excluding carboxylic acids is 1. The third kappa shape index (κ3) is 4.28. The number of likely N-dealkylation sites (N-methyl/N-ethyl adjacent to an activating group) is 1. The fourth-order valence-corrected chi connectivity index (χ4v) is 4.80. The molecule has 2 heterocycles. The zero-order valence-electron chi connectivity index (χ0n) is 18.9. The number of nitrogens with one attached hydrogen (secondary N) is 2. The summed E-state index contributed by atoms with van der Waals surface area (Å²) in [6.45, 7) is 4.73. The van der Waals surface area contributed by atoms with Gasteiger partial charge in [-0.3, -0.25) is 4.79 Å². The van der Waals surface area contributed by atoms with Gasteiger partial charge in [-0.2, -0.15) is 4.98 Å². The lowest BCUT2D eigenvalue weighted by Crippen LogP contribution is -2.41. The van der Waals surface area contributed by atoms with Crippen molar-refractivity contribution in [3.05, 3.63) is 41.6 Å². The Labute approximate surface area is 189 Å². The molecule has 7 heteroatoms. The third-order valence-corrected chi connectivity index (χ3v) is 6.77. The molecule has 1 aliphatic carbocycles.